The number of carbonyl (C=O) groups is 16. The van der Waals surface area contributed by atoms with Crippen molar-refractivity contribution in [3.8, 4) is 5.75 Å². The molecule has 0 fully saturated rings. The van der Waals surface area contributed by atoms with Gasteiger partial charge in [-0.3, -0.25) is 87.5 Å². The van der Waals surface area contributed by atoms with Crippen LogP contribution in [0.2, 0.25) is 0 Å². The fourth-order valence-corrected chi connectivity index (χ4v) is 14.5. The third-order valence-electron chi connectivity index (χ3n) is 21.1. The van der Waals surface area contributed by atoms with Crippen molar-refractivity contribution in [1.29, 1.82) is 10.8 Å². The summed E-state index contributed by atoms with van der Waals surface area (Å²) in [4.78, 5) is 232. The number of nitrogens with one attached hydrogen (secondary N) is 19. The highest BCUT2D eigenvalue weighted by atomic mass is 32.1. The molecule has 2 aromatic heterocycles. The van der Waals surface area contributed by atoms with Crippen LogP contribution >= 0.6 is 25.3 Å². The van der Waals surface area contributed by atoms with E-state index < -0.39 is 210 Å². The first-order chi connectivity index (χ1) is 62.3. The highest BCUT2D eigenvalue weighted by Crippen LogP contribution is 2.23. The molecule has 0 saturated carbocycles. The van der Waals surface area contributed by atoms with Crippen LogP contribution in [0.25, 0.3) is 21.8 Å². The van der Waals surface area contributed by atoms with Gasteiger partial charge in [0.05, 0.1) is 12.6 Å². The Balaban J connectivity index is 1.28. The van der Waals surface area contributed by atoms with Gasteiger partial charge in [0.2, 0.25) is 94.5 Å². The van der Waals surface area contributed by atoms with Gasteiger partial charge < -0.3 is 134 Å². The molecule has 6 rings (SSSR count). The number of rotatable bonds is 56. The maximum atomic E-state index is 15.4. The molecule has 0 aliphatic rings. The summed E-state index contributed by atoms with van der Waals surface area (Å²) in [6.45, 7) is 5.17. The second kappa shape index (κ2) is 54.0. The quantitative estimate of drug-likeness (QED) is 0.00744. The van der Waals surface area contributed by atoms with Crippen LogP contribution in [0.4, 0.5) is 0 Å². The Hall–Kier alpha value is -13.6. The maximum absolute atomic E-state index is 15.4. The van der Waals surface area contributed by atoms with Crippen molar-refractivity contribution in [3.05, 3.63) is 138 Å². The Morgan fingerprint density at radius 1 is 0.427 bits per heavy atom. The summed E-state index contributed by atoms with van der Waals surface area (Å²) in [7, 11) is 1.27. The Kier molecular flexibility index (Phi) is 43.8. The van der Waals surface area contributed by atoms with Crippen molar-refractivity contribution >= 4 is 153 Å². The van der Waals surface area contributed by atoms with Gasteiger partial charge in [0.15, 0.2) is 11.9 Å². The number of para-hydroxylation sites is 2. The molecule has 0 bridgehead atoms. The van der Waals surface area contributed by atoms with Gasteiger partial charge in [-0.15, -0.1) is 0 Å². The Morgan fingerprint density at radius 2 is 0.870 bits per heavy atom. The zero-order chi connectivity index (χ0) is 96.6. The van der Waals surface area contributed by atoms with Gasteiger partial charge in [-0.05, 0) is 117 Å². The Bertz CT molecular complexity index is 4940. The number of fused-ring (bicyclic) bond motifs is 2. The number of primary amides is 2. The van der Waals surface area contributed by atoms with Gasteiger partial charge in [-0.2, -0.15) is 25.3 Å². The number of likely N-dealkylation sites (N-methyl/N-ethyl adjacent to an activating group) is 1. The molecule has 45 heteroatoms. The predicted octanol–water partition coefficient (Wildman–Crippen LogP) is -4.27. The molecule has 131 heavy (non-hydrogen) atoms. The number of carbonyl (C=O) groups excluding carboxylic acids is 16. The minimum Gasteiger partial charge on any atom is -0.508 e. The zero-order valence-corrected chi connectivity index (χ0v) is 75.3. The molecule has 712 valence electrons. The summed E-state index contributed by atoms with van der Waals surface area (Å²) in [6.07, 6.45) is 0.169. The van der Waals surface area contributed by atoms with Crippen LogP contribution in [0.15, 0.2) is 116 Å². The zero-order valence-electron chi connectivity index (χ0n) is 73.6. The smallest absolute Gasteiger partial charge is 0.246 e. The third kappa shape index (κ3) is 35.4. The number of hydrogen-bond donors (Lipinski definition) is 28. The van der Waals surface area contributed by atoms with E-state index in [1.807, 2.05) is 0 Å². The minimum absolute atomic E-state index is 0.00544. The molecule has 13 atom stereocenters. The van der Waals surface area contributed by atoms with Crippen LogP contribution in [0.1, 0.15) is 114 Å². The SMILES string of the molecule is CC(=O)N[C@@H](CS)C(=O)N(C)[C@@H](CCCNC(=N)N)C(=O)N[C@H](C(=O)N[C@@H](Cc1c[nH]c2ccccc12)C(=O)N[C@@H](CCC(N)=O)C(=O)N[C@@H](CS)C(=O)N[C@@H](Cc1ccc(O)cc1)C(=O)N[C@@H](Cc1c[nH]c2ccccc12)C(=O)N[C@@H](CCCNC(=N)N)C(=O)N[C@H](C(=O)N[C@@H](Cc1ccccc1)C(=O)NCC(=O)NCCC(=O)N[C@H](CCCCN)C(N)=O)C(C)C)[C@@H](C)O. The van der Waals surface area contributed by atoms with Crippen molar-refractivity contribution in [1.82, 2.24) is 94.6 Å². The van der Waals surface area contributed by atoms with Gasteiger partial charge in [-0.1, -0.05) is 92.7 Å². The van der Waals surface area contributed by atoms with Crippen molar-refractivity contribution < 1.29 is 86.9 Å². The molecule has 43 nitrogen and oxygen atoms in total. The van der Waals surface area contributed by atoms with Crippen LogP contribution in [-0.2, 0) is 102 Å². The van der Waals surface area contributed by atoms with E-state index >= 15 is 19.2 Å². The lowest BCUT2D eigenvalue weighted by Crippen LogP contribution is -2.62. The number of phenolic OH excluding ortho intramolecular Hbond substituents is 1. The first-order valence-electron chi connectivity index (χ1n) is 42.7. The lowest BCUT2D eigenvalue weighted by Gasteiger charge is -2.32. The fraction of sp³-hybridized carbons (Fsp3) is 0.465. The molecular formula is C86H123N25O18S2. The molecular weight excluding hydrogens is 1740 g/mol. The monoisotopic (exact) mass is 1860 g/mol. The first-order valence-corrected chi connectivity index (χ1v) is 43.9. The Morgan fingerprint density at radius 3 is 1.37 bits per heavy atom. The summed E-state index contributed by atoms with van der Waals surface area (Å²) in [5.41, 5.74) is 30.8. The number of aliphatic hydroxyl groups is 1. The molecule has 0 spiro atoms. The van der Waals surface area contributed by atoms with E-state index in [1.54, 1.807) is 105 Å². The number of unbranched alkanes of at least 4 members (excludes halogenated alkanes) is 1. The minimum atomic E-state index is -1.87. The van der Waals surface area contributed by atoms with Crippen LogP contribution in [0, 0.1) is 16.7 Å². The second-order valence-electron chi connectivity index (χ2n) is 31.8. The summed E-state index contributed by atoms with van der Waals surface area (Å²) in [5.74, 6) is -16.8. The van der Waals surface area contributed by atoms with Crippen molar-refractivity contribution in [2.45, 2.75) is 196 Å². The number of hydrogen-bond acceptors (Lipinski definition) is 23. The summed E-state index contributed by atoms with van der Waals surface area (Å²) in [5, 5.41) is 77.2. The van der Waals surface area contributed by atoms with Gasteiger partial charge in [0, 0.05) is 118 Å². The molecule has 0 aliphatic heterocycles. The van der Waals surface area contributed by atoms with Crippen LogP contribution < -0.4 is 108 Å². The van der Waals surface area contributed by atoms with E-state index in [9.17, 15) is 67.7 Å². The van der Waals surface area contributed by atoms with Crippen LogP contribution in [0.3, 0.4) is 0 Å². The summed E-state index contributed by atoms with van der Waals surface area (Å²) in [6, 6.07) is 9.54. The molecule has 16 amide bonds. The number of aromatic amines is 2. The molecule has 0 unspecified atom stereocenters. The highest BCUT2D eigenvalue weighted by molar-refractivity contribution is 7.80. The van der Waals surface area contributed by atoms with Crippen molar-refractivity contribution in [2.24, 2.45) is 34.6 Å². The average Bonchev–Trinajstić information content (AvgIpc) is 1.70. The molecule has 4 aromatic carbocycles. The van der Waals surface area contributed by atoms with Gasteiger partial charge in [-0.25, -0.2) is 0 Å². The van der Waals surface area contributed by atoms with Gasteiger partial charge >= 0.3 is 0 Å². The first kappa shape index (κ1) is 106. The van der Waals surface area contributed by atoms with E-state index in [-0.39, 0.29) is 101 Å². The molecule has 0 radical (unpaired) electrons. The number of guanidine groups is 2. The highest BCUT2D eigenvalue weighted by Gasteiger charge is 2.40. The normalized spacial score (nSPS) is 14.1. The van der Waals surface area contributed by atoms with E-state index in [0.29, 0.717) is 63.4 Å². The van der Waals surface area contributed by atoms with Crippen LogP contribution in [-0.4, -0.2) is 261 Å². The number of thiol groups is 2. The molecule has 0 saturated heterocycles. The van der Waals surface area contributed by atoms with Crippen LogP contribution in [0.5, 0.6) is 5.75 Å². The number of benzene rings is 4. The molecule has 6 aromatic rings. The number of aromatic nitrogens is 2. The van der Waals surface area contributed by atoms with Crippen molar-refractivity contribution in [2.75, 3.05) is 51.3 Å². The molecule has 0 aliphatic carbocycles. The van der Waals surface area contributed by atoms with Gasteiger partial charge in [0.25, 0.3) is 0 Å². The third-order valence-corrected chi connectivity index (χ3v) is 21.8. The number of nitrogens with two attached hydrogens (primary N) is 5. The molecule has 31 N–H and O–H groups in total. The number of H-pyrrole nitrogens is 2. The van der Waals surface area contributed by atoms with Gasteiger partial charge in [0.1, 0.15) is 78.3 Å². The maximum Gasteiger partial charge on any atom is 0.246 e. The standard InChI is InChI=1S/C86H123N25O18S2/c1-46(2)71(82(127)106-61(37-49-17-7-6-8-18-49)74(119)99-43-70(117)94-36-32-69(116)101-58(73(89)118)23-13-14-33-87)109-76(121)59(24-15-34-95-85(90)91)102-78(123)63(39-51-41-97-56-21-11-9-19-54(51)56)105-77(122)62(38-50-26-28-53(114)29-27-50)104-80(125)65(44-130)108-75(120)60(30-31-68(88)115)103-79(124)64(40-52-42-98-57-22-12-10-20-55(52)57)107-83(128)72(47(3)112)110-81(126)67(25-16-35-96-86(92)93)111(5)84(129)66(45-131)100-48(4)113/h6-12,17-22,26-29,41-42,46-47,58-67,71-72,97-98,112,114,130-131H,13-16,23-25,30-40,43-45,87H2,1-5H3,(H2,88,115)(H2,89,118)(H,94,117)(H,99,119)(H,100,113)(H,101,116)(H,102,123)(H,103,124)(H,104,125)(H,105,122)(H,106,127)(H,107,128)(H,108,120)(H,109,121)(H,110,126)(H4,90,91,95)(H4,92,93,96)/t47-,58-,59+,60+,61+,62+,63+,64+,65+,66+,67+,71+,72+/m1/s1. The number of aromatic hydroxyl groups is 1. The topological polar surface area (TPSA) is 707 Å². The van der Waals surface area contributed by atoms with E-state index in [0.717, 1.165) is 11.8 Å². The average molecular weight is 1860 g/mol. The Labute approximate surface area is 767 Å². The number of amides is 16. The molecule has 2 heterocycles. The van der Waals surface area contributed by atoms with Crippen molar-refractivity contribution in [3.63, 3.8) is 0 Å². The lowest BCUT2D eigenvalue weighted by molar-refractivity contribution is -0.143. The lowest BCUT2D eigenvalue weighted by atomic mass is 9.99. The summed E-state index contributed by atoms with van der Waals surface area (Å²) < 4.78 is 0. The number of nitrogens with zero attached hydrogens (tertiary/aromatic N) is 1. The second-order valence-corrected chi connectivity index (χ2v) is 32.5. The predicted molar refractivity (Wildman–Crippen MR) is 493 cm³/mol. The van der Waals surface area contributed by atoms with E-state index in [4.69, 9.17) is 39.5 Å². The van der Waals surface area contributed by atoms with E-state index in [2.05, 4.69) is 115 Å². The summed E-state index contributed by atoms with van der Waals surface area (Å²) >= 11 is 8.62. The largest absolute Gasteiger partial charge is 0.508 e. The number of aliphatic hydroxyl groups excluding tert-OH is 1. The number of phenols is 1. The fourth-order valence-electron chi connectivity index (χ4n) is 14.0. The van der Waals surface area contributed by atoms with E-state index in [1.165, 1.54) is 38.2 Å².